The number of amides is 2. The fourth-order valence-electron chi connectivity index (χ4n) is 3.87. The third-order valence-electron chi connectivity index (χ3n) is 5.61. The Hall–Kier alpha value is -3.64. The highest BCUT2D eigenvalue weighted by molar-refractivity contribution is 6.30. The molecule has 6 nitrogen and oxygen atoms in total. The normalized spacial score (nSPS) is 18.8. The van der Waals surface area contributed by atoms with E-state index in [1.807, 2.05) is 80.7 Å². The van der Waals surface area contributed by atoms with E-state index < -0.39 is 12.1 Å². The number of hydrogen-bond acceptors (Lipinski definition) is 3. The van der Waals surface area contributed by atoms with E-state index in [2.05, 4.69) is 10.7 Å². The quantitative estimate of drug-likeness (QED) is 0.569. The van der Waals surface area contributed by atoms with Gasteiger partial charge in [-0.05, 0) is 55.5 Å². The van der Waals surface area contributed by atoms with Gasteiger partial charge in [0.05, 0.1) is 0 Å². The fraction of sp³-hybridized carbons (Fsp3) is 0.192. The molecule has 1 aliphatic rings. The van der Waals surface area contributed by atoms with Crippen LogP contribution in [0.15, 0.2) is 72.8 Å². The monoisotopic (exact) mass is 461 g/mol. The van der Waals surface area contributed by atoms with Gasteiger partial charge in [-0.25, -0.2) is 0 Å². The molecule has 1 saturated heterocycles. The van der Waals surface area contributed by atoms with Crippen molar-refractivity contribution in [3.05, 3.63) is 100 Å². The molecular formula is C26H26ClN4O2+. The minimum atomic E-state index is -0.781. The maximum absolute atomic E-state index is 13.0. The van der Waals surface area contributed by atoms with Crippen molar-refractivity contribution in [3.8, 4) is 0 Å². The number of nitrogens with one attached hydrogen (secondary N) is 2. The molecule has 0 radical (unpaired) electrons. The number of carbonyl (C=O) groups is 2. The summed E-state index contributed by atoms with van der Waals surface area (Å²) in [6.07, 6.45) is 1.87. The zero-order chi connectivity index (χ0) is 23.5. The molecule has 0 bridgehead atoms. The standard InChI is InChI=1S/C26H25ClN4O2/c1-17-5-4-6-20(15-17)25(32)28-23-24(19-9-11-21(27)12-10-19)31(29-26(23)33)16-18-7-13-22(14-8-18)30(2)3/h4-16,23-24H,1-3H3,(H-,28,29,32,33)/p+1/t23-,24-/m0/s1. The summed E-state index contributed by atoms with van der Waals surface area (Å²) < 4.78 is 1.75. The van der Waals surface area contributed by atoms with Crippen LogP contribution >= 0.6 is 11.6 Å². The number of anilines is 1. The van der Waals surface area contributed by atoms with E-state index in [-0.39, 0.29) is 11.8 Å². The predicted molar refractivity (Wildman–Crippen MR) is 131 cm³/mol. The Labute approximate surface area is 198 Å². The second-order valence-corrected chi connectivity index (χ2v) is 8.75. The van der Waals surface area contributed by atoms with Crippen LogP contribution in [0, 0.1) is 6.92 Å². The van der Waals surface area contributed by atoms with Crippen LogP contribution in [0.5, 0.6) is 0 Å². The molecule has 0 spiro atoms. The number of hydrogen-bond donors (Lipinski definition) is 2. The lowest BCUT2D eigenvalue weighted by Crippen LogP contribution is -2.42. The highest BCUT2D eigenvalue weighted by atomic mass is 35.5. The lowest BCUT2D eigenvalue weighted by molar-refractivity contribution is -0.596. The van der Waals surface area contributed by atoms with Crippen LogP contribution in [0.4, 0.5) is 5.69 Å². The molecule has 2 amide bonds. The Bertz CT molecular complexity index is 1200. The molecule has 2 atom stereocenters. The average Bonchev–Trinajstić information content (AvgIpc) is 3.09. The molecule has 0 aliphatic carbocycles. The van der Waals surface area contributed by atoms with E-state index in [1.54, 1.807) is 28.9 Å². The summed E-state index contributed by atoms with van der Waals surface area (Å²) in [5.41, 5.74) is 7.25. The van der Waals surface area contributed by atoms with Crippen LogP contribution in [-0.4, -0.2) is 42.9 Å². The first-order valence-corrected chi connectivity index (χ1v) is 11.0. The second kappa shape index (κ2) is 9.46. The van der Waals surface area contributed by atoms with Gasteiger partial charge in [-0.3, -0.25) is 9.59 Å². The third-order valence-corrected chi connectivity index (χ3v) is 5.87. The molecule has 168 valence electrons. The highest BCUT2D eigenvalue weighted by Gasteiger charge is 2.47. The number of carbonyl (C=O) groups excluding carboxylic acids is 2. The smallest absolute Gasteiger partial charge is 0.304 e. The summed E-state index contributed by atoms with van der Waals surface area (Å²) in [5.74, 6) is -0.577. The maximum Gasteiger partial charge on any atom is 0.304 e. The van der Waals surface area contributed by atoms with Crippen molar-refractivity contribution in [2.75, 3.05) is 19.0 Å². The molecule has 3 aromatic carbocycles. The van der Waals surface area contributed by atoms with Crippen LogP contribution < -0.4 is 15.6 Å². The molecule has 2 N–H and O–H groups in total. The van der Waals surface area contributed by atoms with Gasteiger partial charge in [0.25, 0.3) is 5.91 Å². The van der Waals surface area contributed by atoms with Crippen molar-refractivity contribution >= 4 is 35.3 Å². The molecule has 7 heteroatoms. The topological polar surface area (TPSA) is 64.5 Å². The molecular weight excluding hydrogens is 436 g/mol. The van der Waals surface area contributed by atoms with Crippen LogP contribution in [0.25, 0.3) is 0 Å². The van der Waals surface area contributed by atoms with Gasteiger partial charge >= 0.3 is 5.91 Å². The Kier molecular flexibility index (Phi) is 6.47. The van der Waals surface area contributed by atoms with Crippen LogP contribution in [0.3, 0.4) is 0 Å². The highest BCUT2D eigenvalue weighted by Crippen LogP contribution is 2.27. The Balaban J connectivity index is 1.69. The van der Waals surface area contributed by atoms with Crippen molar-refractivity contribution in [2.45, 2.75) is 19.0 Å². The van der Waals surface area contributed by atoms with E-state index in [0.717, 1.165) is 22.4 Å². The van der Waals surface area contributed by atoms with Gasteiger partial charge in [0.15, 0.2) is 6.04 Å². The number of halogens is 1. The Morgan fingerprint density at radius 3 is 2.39 bits per heavy atom. The summed E-state index contributed by atoms with van der Waals surface area (Å²) in [7, 11) is 3.97. The van der Waals surface area contributed by atoms with Gasteiger partial charge in [0, 0.05) is 41.5 Å². The van der Waals surface area contributed by atoms with Crippen molar-refractivity contribution in [1.29, 1.82) is 0 Å². The molecule has 3 aromatic rings. The van der Waals surface area contributed by atoms with E-state index in [4.69, 9.17) is 11.6 Å². The largest absolute Gasteiger partial charge is 0.378 e. The van der Waals surface area contributed by atoms with E-state index in [1.165, 1.54) is 0 Å². The lowest BCUT2D eigenvalue weighted by Gasteiger charge is -2.15. The van der Waals surface area contributed by atoms with Crippen LogP contribution in [-0.2, 0) is 4.79 Å². The lowest BCUT2D eigenvalue weighted by atomic mass is 9.99. The molecule has 4 rings (SSSR count). The molecule has 1 heterocycles. The third kappa shape index (κ3) is 5.07. The minimum absolute atomic E-state index is 0.280. The number of nitrogens with zero attached hydrogens (tertiary/aromatic N) is 2. The van der Waals surface area contributed by atoms with Gasteiger partial charge in [0.2, 0.25) is 12.3 Å². The van der Waals surface area contributed by atoms with Gasteiger partial charge < -0.3 is 10.2 Å². The average molecular weight is 462 g/mol. The number of hydrazone groups is 1. The fourth-order valence-corrected chi connectivity index (χ4v) is 4.00. The molecule has 0 saturated carbocycles. The Morgan fingerprint density at radius 2 is 1.76 bits per heavy atom. The summed E-state index contributed by atoms with van der Waals surface area (Å²) in [4.78, 5) is 28.0. The number of rotatable bonds is 5. The first-order valence-electron chi connectivity index (χ1n) is 10.7. The number of aryl methyl sites for hydroxylation is 1. The molecule has 1 fully saturated rings. The van der Waals surface area contributed by atoms with E-state index in [9.17, 15) is 9.59 Å². The summed E-state index contributed by atoms with van der Waals surface area (Å²) >= 11 is 6.09. The van der Waals surface area contributed by atoms with Gasteiger partial charge in [0.1, 0.15) is 0 Å². The number of hydrazine groups is 1. The predicted octanol–water partition coefficient (Wildman–Crippen LogP) is 3.73. The van der Waals surface area contributed by atoms with Crippen molar-refractivity contribution in [2.24, 2.45) is 0 Å². The van der Waals surface area contributed by atoms with Gasteiger partial charge in [-0.15, -0.1) is 10.1 Å². The molecule has 33 heavy (non-hydrogen) atoms. The summed E-state index contributed by atoms with van der Waals surface area (Å²) in [6.45, 7) is 1.92. The zero-order valence-electron chi connectivity index (χ0n) is 18.7. The van der Waals surface area contributed by atoms with Crippen LogP contribution in [0.1, 0.15) is 33.1 Å². The Morgan fingerprint density at radius 1 is 1.06 bits per heavy atom. The van der Waals surface area contributed by atoms with Crippen LogP contribution in [0.2, 0.25) is 5.02 Å². The minimum Gasteiger partial charge on any atom is -0.378 e. The SMILES string of the molecule is Cc1cccc(C(=O)N[C@@H]2C(=O)N/[N+](=C\c3ccc(N(C)C)cc3)[C@H]2c2ccc(Cl)cc2)c1. The van der Waals surface area contributed by atoms with Crippen molar-refractivity contribution in [3.63, 3.8) is 0 Å². The van der Waals surface area contributed by atoms with E-state index >= 15 is 0 Å². The number of benzene rings is 3. The second-order valence-electron chi connectivity index (χ2n) is 8.32. The molecule has 0 aromatic heterocycles. The maximum atomic E-state index is 13.0. The summed E-state index contributed by atoms with van der Waals surface area (Å²) in [5, 5.41) is 3.53. The van der Waals surface area contributed by atoms with Crippen molar-refractivity contribution in [1.82, 2.24) is 10.7 Å². The zero-order valence-corrected chi connectivity index (χ0v) is 19.5. The first kappa shape index (κ1) is 22.6. The summed E-state index contributed by atoms with van der Waals surface area (Å²) in [6, 6.07) is 21.4. The van der Waals surface area contributed by atoms with Crippen molar-refractivity contribution < 1.29 is 14.3 Å². The first-order chi connectivity index (χ1) is 15.8. The van der Waals surface area contributed by atoms with Gasteiger partial charge in [-0.2, -0.15) is 0 Å². The molecule has 1 aliphatic heterocycles. The van der Waals surface area contributed by atoms with E-state index in [0.29, 0.717) is 10.6 Å². The molecule has 0 unspecified atom stereocenters. The van der Waals surface area contributed by atoms with Gasteiger partial charge in [-0.1, -0.05) is 41.4 Å².